The second kappa shape index (κ2) is 2.72. The first-order chi connectivity index (χ1) is 6.12. The Labute approximate surface area is 77.2 Å². The number of phenols is 1. The second-order valence-electron chi connectivity index (χ2n) is 3.87. The summed E-state index contributed by atoms with van der Waals surface area (Å²) >= 11 is 0. The zero-order valence-corrected chi connectivity index (χ0v) is 7.63. The summed E-state index contributed by atoms with van der Waals surface area (Å²) in [4.78, 5) is 0. The average Bonchev–Trinajstić information content (AvgIpc) is 2.86. The molecule has 1 aliphatic rings. The molecule has 2 heteroatoms. The van der Waals surface area contributed by atoms with Crippen LogP contribution < -0.4 is 0 Å². The van der Waals surface area contributed by atoms with Crippen LogP contribution in [0.3, 0.4) is 0 Å². The van der Waals surface area contributed by atoms with E-state index in [4.69, 9.17) is 0 Å². The first kappa shape index (κ1) is 8.54. The highest BCUT2D eigenvalue weighted by Crippen LogP contribution is 2.50. The van der Waals surface area contributed by atoms with Crippen molar-refractivity contribution in [3.63, 3.8) is 0 Å². The molecule has 1 atom stereocenters. The largest absolute Gasteiger partial charge is 0.508 e. The minimum absolute atomic E-state index is 0.0689. The van der Waals surface area contributed by atoms with Gasteiger partial charge in [0.25, 0.3) is 0 Å². The summed E-state index contributed by atoms with van der Waals surface area (Å²) in [6.07, 6.45) is 1.86. The number of rotatable bonds is 2. The van der Waals surface area contributed by atoms with Crippen molar-refractivity contribution in [2.24, 2.45) is 5.92 Å². The molecular formula is C11H13FO. The van der Waals surface area contributed by atoms with Crippen LogP contribution in [0.25, 0.3) is 0 Å². The fraction of sp³-hybridized carbons (Fsp3) is 0.455. The maximum atomic E-state index is 14.1. The molecule has 1 nitrogen and oxygen atoms in total. The van der Waals surface area contributed by atoms with Crippen molar-refractivity contribution < 1.29 is 9.50 Å². The first-order valence-electron chi connectivity index (χ1n) is 4.60. The Bertz CT molecular complexity index is 316. The molecule has 0 amide bonds. The van der Waals surface area contributed by atoms with Gasteiger partial charge in [0, 0.05) is 5.56 Å². The van der Waals surface area contributed by atoms with E-state index < -0.39 is 5.67 Å². The van der Waals surface area contributed by atoms with Crippen LogP contribution in [0.2, 0.25) is 0 Å². The fourth-order valence-electron chi connectivity index (χ4n) is 1.73. The van der Waals surface area contributed by atoms with Gasteiger partial charge in [0.15, 0.2) is 0 Å². The predicted molar refractivity (Wildman–Crippen MR) is 49.3 cm³/mol. The first-order valence-corrected chi connectivity index (χ1v) is 4.60. The van der Waals surface area contributed by atoms with E-state index in [0.29, 0.717) is 5.56 Å². The molecular weight excluding hydrogens is 167 g/mol. The molecule has 70 valence electrons. The van der Waals surface area contributed by atoms with Crippen molar-refractivity contribution in [3.8, 4) is 5.75 Å². The predicted octanol–water partition coefficient (Wildman–Crippen LogP) is 2.99. The summed E-state index contributed by atoms with van der Waals surface area (Å²) in [6.45, 7) is 1.56. The number of benzene rings is 1. The highest BCUT2D eigenvalue weighted by Gasteiger charge is 2.44. The lowest BCUT2D eigenvalue weighted by Gasteiger charge is -2.21. The molecule has 1 aromatic carbocycles. The third kappa shape index (κ3) is 1.41. The maximum Gasteiger partial charge on any atom is 0.139 e. The molecule has 1 N–H and O–H groups in total. The van der Waals surface area contributed by atoms with Gasteiger partial charge in [0.2, 0.25) is 0 Å². The van der Waals surface area contributed by atoms with Crippen LogP contribution >= 0.6 is 0 Å². The average molecular weight is 180 g/mol. The van der Waals surface area contributed by atoms with Gasteiger partial charge in [-0.1, -0.05) is 18.2 Å². The SMILES string of the molecule is CC(F)(c1ccccc1O)C1CC1. The van der Waals surface area contributed by atoms with Crippen molar-refractivity contribution >= 4 is 0 Å². The highest BCUT2D eigenvalue weighted by molar-refractivity contribution is 5.37. The molecule has 1 saturated carbocycles. The number of hydrogen-bond donors (Lipinski definition) is 1. The van der Waals surface area contributed by atoms with Gasteiger partial charge in [-0.2, -0.15) is 0 Å². The molecule has 13 heavy (non-hydrogen) atoms. The number of phenolic OH excluding ortho intramolecular Hbond substituents is 1. The Morgan fingerprint density at radius 1 is 1.38 bits per heavy atom. The van der Waals surface area contributed by atoms with Crippen LogP contribution in [0.5, 0.6) is 5.75 Å². The minimum Gasteiger partial charge on any atom is -0.508 e. The van der Waals surface area contributed by atoms with Crippen molar-refractivity contribution in [1.82, 2.24) is 0 Å². The molecule has 0 heterocycles. The van der Waals surface area contributed by atoms with E-state index in [-0.39, 0.29) is 11.7 Å². The minimum atomic E-state index is -1.36. The van der Waals surface area contributed by atoms with E-state index in [1.807, 2.05) is 0 Å². The van der Waals surface area contributed by atoms with Gasteiger partial charge in [0.1, 0.15) is 11.4 Å². The van der Waals surface area contributed by atoms with Gasteiger partial charge in [-0.25, -0.2) is 4.39 Å². The molecule has 0 spiro atoms. The van der Waals surface area contributed by atoms with Crippen LogP contribution in [-0.2, 0) is 5.67 Å². The van der Waals surface area contributed by atoms with Crippen molar-refractivity contribution in [2.75, 3.05) is 0 Å². The van der Waals surface area contributed by atoms with Gasteiger partial charge < -0.3 is 5.11 Å². The third-order valence-electron chi connectivity index (χ3n) is 2.77. The second-order valence-corrected chi connectivity index (χ2v) is 3.87. The van der Waals surface area contributed by atoms with Gasteiger partial charge in [-0.3, -0.25) is 0 Å². The van der Waals surface area contributed by atoms with Crippen LogP contribution in [0.15, 0.2) is 24.3 Å². The Kier molecular flexibility index (Phi) is 1.79. The standard InChI is InChI=1S/C11H13FO/c1-11(12,8-6-7-8)9-4-2-3-5-10(9)13/h2-5,8,13H,6-7H2,1H3. The Hall–Kier alpha value is -1.05. The summed E-state index contributed by atoms with van der Waals surface area (Å²) < 4.78 is 14.1. The van der Waals surface area contributed by atoms with Crippen LogP contribution in [0.4, 0.5) is 4.39 Å². The fourth-order valence-corrected chi connectivity index (χ4v) is 1.73. The highest BCUT2D eigenvalue weighted by atomic mass is 19.1. The molecule has 1 unspecified atom stereocenters. The third-order valence-corrected chi connectivity index (χ3v) is 2.77. The lowest BCUT2D eigenvalue weighted by atomic mass is 9.92. The van der Waals surface area contributed by atoms with E-state index in [1.165, 1.54) is 6.07 Å². The van der Waals surface area contributed by atoms with Crippen LogP contribution in [0, 0.1) is 5.92 Å². The van der Waals surface area contributed by atoms with Crippen LogP contribution in [0.1, 0.15) is 25.3 Å². The monoisotopic (exact) mass is 180 g/mol. The summed E-state index contributed by atoms with van der Waals surface area (Å²) in [7, 11) is 0. The molecule has 0 saturated heterocycles. The van der Waals surface area contributed by atoms with Crippen molar-refractivity contribution in [3.05, 3.63) is 29.8 Å². The molecule has 0 aliphatic heterocycles. The van der Waals surface area contributed by atoms with Crippen LogP contribution in [-0.4, -0.2) is 5.11 Å². The zero-order valence-electron chi connectivity index (χ0n) is 7.63. The van der Waals surface area contributed by atoms with E-state index in [9.17, 15) is 9.50 Å². The number of para-hydroxylation sites is 1. The van der Waals surface area contributed by atoms with E-state index >= 15 is 0 Å². The van der Waals surface area contributed by atoms with Gasteiger partial charge in [-0.15, -0.1) is 0 Å². The van der Waals surface area contributed by atoms with Gasteiger partial charge >= 0.3 is 0 Å². The summed E-state index contributed by atoms with van der Waals surface area (Å²) in [5, 5.41) is 9.48. The Morgan fingerprint density at radius 3 is 2.54 bits per heavy atom. The number of hydrogen-bond acceptors (Lipinski definition) is 1. The van der Waals surface area contributed by atoms with E-state index in [0.717, 1.165) is 12.8 Å². The lowest BCUT2D eigenvalue weighted by molar-refractivity contribution is 0.154. The topological polar surface area (TPSA) is 20.2 Å². The van der Waals surface area contributed by atoms with E-state index in [1.54, 1.807) is 25.1 Å². The summed E-state index contributed by atoms with van der Waals surface area (Å²) in [5.41, 5.74) is -0.928. The molecule has 0 radical (unpaired) electrons. The number of halogens is 1. The molecule has 1 aromatic rings. The van der Waals surface area contributed by atoms with Crippen molar-refractivity contribution in [2.45, 2.75) is 25.4 Å². The quantitative estimate of drug-likeness (QED) is 0.741. The number of alkyl halides is 1. The smallest absolute Gasteiger partial charge is 0.139 e. The summed E-state index contributed by atoms with van der Waals surface area (Å²) in [6, 6.07) is 6.67. The van der Waals surface area contributed by atoms with Gasteiger partial charge in [-0.05, 0) is 31.7 Å². The molecule has 2 rings (SSSR count). The molecule has 0 aromatic heterocycles. The maximum absolute atomic E-state index is 14.1. The molecule has 0 bridgehead atoms. The zero-order chi connectivity index (χ0) is 9.47. The molecule has 1 aliphatic carbocycles. The number of aromatic hydroxyl groups is 1. The Morgan fingerprint density at radius 2 is 2.00 bits per heavy atom. The lowest BCUT2D eigenvalue weighted by Crippen LogP contribution is -2.17. The summed E-state index contributed by atoms with van der Waals surface area (Å²) in [5.74, 6) is 0.167. The normalized spacial score (nSPS) is 21.1. The Balaban J connectivity index is 2.38. The van der Waals surface area contributed by atoms with Crippen molar-refractivity contribution in [1.29, 1.82) is 0 Å². The van der Waals surface area contributed by atoms with Gasteiger partial charge in [0.05, 0.1) is 0 Å². The molecule has 1 fully saturated rings. The van der Waals surface area contributed by atoms with E-state index in [2.05, 4.69) is 0 Å².